The molecule has 1 unspecified atom stereocenters. The highest BCUT2D eigenvalue weighted by molar-refractivity contribution is 5.72. The first-order valence-corrected chi connectivity index (χ1v) is 9.76. The van der Waals surface area contributed by atoms with Gasteiger partial charge in [-0.1, -0.05) is 25.0 Å². The summed E-state index contributed by atoms with van der Waals surface area (Å²) in [5.41, 5.74) is 7.24. The molecule has 1 atom stereocenters. The smallest absolute Gasteiger partial charge is 0.400 e. The lowest BCUT2D eigenvalue weighted by Gasteiger charge is -2.16. The fourth-order valence-electron chi connectivity index (χ4n) is 3.38. The lowest BCUT2D eigenvalue weighted by molar-refractivity contribution is 0.262. The van der Waals surface area contributed by atoms with Gasteiger partial charge in [0.05, 0.1) is 6.61 Å². The van der Waals surface area contributed by atoms with E-state index in [-0.39, 0.29) is 6.08 Å². The van der Waals surface area contributed by atoms with E-state index in [0.29, 0.717) is 17.3 Å². The number of nitrogens with two attached hydrogens (primary N) is 1. The van der Waals surface area contributed by atoms with Crippen molar-refractivity contribution in [3.8, 4) is 17.6 Å². The standard InChI is InChI=1S/C22H26N2O3/c23-13-11-17(15-16-5-6-16)12-14-25-18-7-9-19(10-8-18)26-22-24-20-3-1-2-4-21(20)27-22/h1-4,7-10,16-17H,5-6,11-15,23H2. The number of nitrogens with zero attached hydrogens (tertiary/aromatic N) is 1. The summed E-state index contributed by atoms with van der Waals surface area (Å²) >= 11 is 0. The highest BCUT2D eigenvalue weighted by atomic mass is 16.6. The van der Waals surface area contributed by atoms with Gasteiger partial charge in [-0.25, -0.2) is 0 Å². The van der Waals surface area contributed by atoms with Crippen molar-refractivity contribution in [2.45, 2.75) is 32.1 Å². The molecule has 5 nitrogen and oxygen atoms in total. The summed E-state index contributed by atoms with van der Waals surface area (Å²) < 4.78 is 17.2. The number of aromatic nitrogens is 1. The molecule has 2 N–H and O–H groups in total. The van der Waals surface area contributed by atoms with Crippen LogP contribution in [0, 0.1) is 11.8 Å². The quantitative estimate of drug-likeness (QED) is 0.537. The van der Waals surface area contributed by atoms with Crippen molar-refractivity contribution >= 4 is 11.1 Å². The second-order valence-corrected chi connectivity index (χ2v) is 7.28. The molecule has 142 valence electrons. The zero-order chi connectivity index (χ0) is 18.5. The first-order chi connectivity index (χ1) is 13.3. The van der Waals surface area contributed by atoms with Gasteiger partial charge in [0.2, 0.25) is 0 Å². The minimum Gasteiger partial charge on any atom is -0.494 e. The summed E-state index contributed by atoms with van der Waals surface area (Å²) in [6, 6.07) is 15.2. The molecule has 1 fully saturated rings. The molecule has 0 saturated heterocycles. The van der Waals surface area contributed by atoms with Crippen LogP contribution in [0.2, 0.25) is 0 Å². The Bertz CT molecular complexity index is 822. The SMILES string of the molecule is NCCC(CCOc1ccc(Oc2nc3ccccc3o2)cc1)CC1CC1. The van der Waals surface area contributed by atoms with Crippen LogP contribution in [-0.2, 0) is 0 Å². The second kappa shape index (κ2) is 8.44. The molecule has 1 aromatic heterocycles. The van der Waals surface area contributed by atoms with Crippen LogP contribution >= 0.6 is 0 Å². The van der Waals surface area contributed by atoms with Crippen molar-refractivity contribution in [1.29, 1.82) is 0 Å². The molecule has 1 aliphatic rings. The molecule has 0 aliphatic heterocycles. The summed E-state index contributed by atoms with van der Waals surface area (Å²) in [6.45, 7) is 1.49. The van der Waals surface area contributed by atoms with E-state index in [2.05, 4.69) is 4.98 Å². The van der Waals surface area contributed by atoms with Gasteiger partial charge in [-0.15, -0.1) is 0 Å². The van der Waals surface area contributed by atoms with Gasteiger partial charge in [-0.05, 0) is 74.0 Å². The first-order valence-electron chi connectivity index (χ1n) is 9.76. The van der Waals surface area contributed by atoms with Gasteiger partial charge >= 0.3 is 6.08 Å². The lowest BCUT2D eigenvalue weighted by atomic mass is 9.95. The Morgan fingerprint density at radius 3 is 2.56 bits per heavy atom. The summed E-state index contributed by atoms with van der Waals surface area (Å²) in [7, 11) is 0. The highest BCUT2D eigenvalue weighted by Gasteiger charge is 2.25. The van der Waals surface area contributed by atoms with E-state index in [0.717, 1.165) is 43.2 Å². The minimum absolute atomic E-state index is 0.245. The molecule has 4 rings (SSSR count). The van der Waals surface area contributed by atoms with Crippen LogP contribution in [0.4, 0.5) is 0 Å². The van der Waals surface area contributed by atoms with Gasteiger partial charge in [-0.2, -0.15) is 4.98 Å². The van der Waals surface area contributed by atoms with Crippen molar-refractivity contribution in [2.75, 3.05) is 13.2 Å². The fourth-order valence-corrected chi connectivity index (χ4v) is 3.38. The maximum Gasteiger partial charge on any atom is 0.400 e. The normalized spacial score (nSPS) is 15.0. The van der Waals surface area contributed by atoms with E-state index >= 15 is 0 Å². The van der Waals surface area contributed by atoms with Crippen LogP contribution in [0.25, 0.3) is 11.1 Å². The largest absolute Gasteiger partial charge is 0.494 e. The topological polar surface area (TPSA) is 70.5 Å². The van der Waals surface area contributed by atoms with Gasteiger partial charge in [0, 0.05) is 0 Å². The van der Waals surface area contributed by atoms with Crippen molar-refractivity contribution < 1.29 is 13.9 Å². The van der Waals surface area contributed by atoms with Gasteiger partial charge in [0.15, 0.2) is 5.58 Å². The average Bonchev–Trinajstić information content (AvgIpc) is 3.40. The number of hydrogen-bond acceptors (Lipinski definition) is 5. The van der Waals surface area contributed by atoms with Gasteiger partial charge in [0.1, 0.15) is 17.0 Å². The van der Waals surface area contributed by atoms with E-state index in [1.807, 2.05) is 48.5 Å². The molecule has 0 amide bonds. The summed E-state index contributed by atoms with van der Waals surface area (Å²) in [6.07, 6.45) is 6.49. The maximum absolute atomic E-state index is 5.90. The summed E-state index contributed by atoms with van der Waals surface area (Å²) in [5.74, 6) is 3.13. The number of hydrogen-bond donors (Lipinski definition) is 1. The van der Waals surface area contributed by atoms with Crippen LogP contribution in [0.3, 0.4) is 0 Å². The van der Waals surface area contributed by atoms with Crippen LogP contribution in [0.1, 0.15) is 32.1 Å². The summed E-state index contributed by atoms with van der Waals surface area (Å²) in [5, 5.41) is 0. The zero-order valence-corrected chi connectivity index (χ0v) is 15.5. The van der Waals surface area contributed by atoms with Crippen LogP contribution in [0.15, 0.2) is 52.9 Å². The Kier molecular flexibility index (Phi) is 5.58. The van der Waals surface area contributed by atoms with Crippen molar-refractivity contribution in [3.05, 3.63) is 48.5 Å². The summed E-state index contributed by atoms with van der Waals surface area (Å²) in [4.78, 5) is 4.32. The molecular weight excluding hydrogens is 340 g/mol. The predicted octanol–water partition coefficient (Wildman–Crippen LogP) is 5.15. The predicted molar refractivity (Wildman–Crippen MR) is 105 cm³/mol. The number of oxazole rings is 1. The van der Waals surface area contributed by atoms with Crippen molar-refractivity contribution in [1.82, 2.24) is 4.98 Å². The van der Waals surface area contributed by atoms with Gasteiger partial charge in [0.25, 0.3) is 0 Å². The van der Waals surface area contributed by atoms with E-state index in [1.165, 1.54) is 19.3 Å². The Balaban J connectivity index is 1.27. The molecule has 1 aliphatic carbocycles. The number of para-hydroxylation sites is 2. The molecule has 3 aromatic rings. The number of fused-ring (bicyclic) bond motifs is 1. The van der Waals surface area contributed by atoms with Crippen molar-refractivity contribution in [2.24, 2.45) is 17.6 Å². The third kappa shape index (κ3) is 5.01. The van der Waals surface area contributed by atoms with Gasteiger partial charge in [-0.3, -0.25) is 0 Å². The molecule has 0 radical (unpaired) electrons. The molecule has 0 bridgehead atoms. The third-order valence-corrected chi connectivity index (χ3v) is 5.04. The van der Waals surface area contributed by atoms with E-state index in [1.54, 1.807) is 0 Å². The van der Waals surface area contributed by atoms with Crippen LogP contribution in [-0.4, -0.2) is 18.1 Å². The molecule has 5 heteroatoms. The third-order valence-electron chi connectivity index (χ3n) is 5.04. The van der Waals surface area contributed by atoms with E-state index in [4.69, 9.17) is 19.6 Å². The van der Waals surface area contributed by atoms with Crippen LogP contribution < -0.4 is 15.2 Å². The Labute approximate surface area is 159 Å². The second-order valence-electron chi connectivity index (χ2n) is 7.28. The maximum atomic E-state index is 5.90. The first kappa shape index (κ1) is 17.9. The minimum atomic E-state index is 0.245. The monoisotopic (exact) mass is 366 g/mol. The van der Waals surface area contributed by atoms with E-state index in [9.17, 15) is 0 Å². The Hall–Kier alpha value is -2.53. The fraction of sp³-hybridized carbons (Fsp3) is 0.409. The molecular formula is C22H26N2O3. The Morgan fingerprint density at radius 1 is 1.04 bits per heavy atom. The highest BCUT2D eigenvalue weighted by Crippen LogP contribution is 2.37. The average molecular weight is 366 g/mol. The molecule has 0 spiro atoms. The molecule has 1 heterocycles. The van der Waals surface area contributed by atoms with Crippen molar-refractivity contribution in [3.63, 3.8) is 0 Å². The number of rotatable bonds is 10. The molecule has 27 heavy (non-hydrogen) atoms. The molecule has 2 aromatic carbocycles. The Morgan fingerprint density at radius 2 is 1.81 bits per heavy atom. The van der Waals surface area contributed by atoms with Crippen LogP contribution in [0.5, 0.6) is 17.6 Å². The van der Waals surface area contributed by atoms with Gasteiger partial charge < -0.3 is 19.6 Å². The van der Waals surface area contributed by atoms with E-state index < -0.39 is 0 Å². The number of benzene rings is 2. The molecule has 1 saturated carbocycles. The number of ether oxygens (including phenoxy) is 2. The lowest BCUT2D eigenvalue weighted by Crippen LogP contribution is -2.13. The zero-order valence-electron chi connectivity index (χ0n) is 15.5.